The van der Waals surface area contributed by atoms with Gasteiger partial charge >= 0.3 is 5.97 Å². The van der Waals surface area contributed by atoms with Crippen molar-refractivity contribution in [3.05, 3.63) is 66.8 Å². The molecule has 1 atom stereocenters. The fourth-order valence-corrected chi connectivity index (χ4v) is 2.02. The van der Waals surface area contributed by atoms with E-state index >= 15 is 0 Å². The maximum absolute atomic E-state index is 12.4. The second-order valence-electron chi connectivity index (χ2n) is 4.67. The number of hydrogen-bond donors (Lipinski definition) is 2. The van der Waals surface area contributed by atoms with Gasteiger partial charge in [0.15, 0.2) is 0 Å². The number of aliphatic carboxylic acids is 1. The molecule has 0 bridgehead atoms. The molecule has 6 nitrogen and oxygen atoms in total. The number of allylic oxidation sites excluding steroid dienone is 1. The quantitative estimate of drug-likeness (QED) is 0.799. The molecule has 6 heteroatoms. The number of imidazole rings is 1. The molecule has 0 saturated carbocycles. The van der Waals surface area contributed by atoms with Crippen LogP contribution in [0.4, 0.5) is 0 Å². The summed E-state index contributed by atoms with van der Waals surface area (Å²) in [7, 11) is 0. The number of carboxylic acids is 1. The predicted molar refractivity (Wildman–Crippen MR) is 81.2 cm³/mol. The van der Waals surface area contributed by atoms with Crippen LogP contribution in [-0.2, 0) is 10.5 Å². The summed E-state index contributed by atoms with van der Waals surface area (Å²) in [4.78, 5) is 28.1. The topological polar surface area (TPSA) is 84.2 Å². The van der Waals surface area contributed by atoms with Crippen molar-refractivity contribution in [3.8, 4) is 0 Å². The summed E-state index contributed by atoms with van der Waals surface area (Å²) >= 11 is 0. The Morgan fingerprint density at radius 1 is 1.36 bits per heavy atom. The fraction of sp³-hybridized carbons (Fsp3) is 0.188. The minimum absolute atomic E-state index is 0.387. The summed E-state index contributed by atoms with van der Waals surface area (Å²) in [6.45, 7) is 1.88. The van der Waals surface area contributed by atoms with Gasteiger partial charge in [-0.15, -0.1) is 0 Å². The van der Waals surface area contributed by atoms with E-state index in [-0.39, 0.29) is 0 Å². The smallest absolute Gasteiger partial charge is 0.355 e. The third-order valence-corrected chi connectivity index (χ3v) is 3.17. The number of nitrogens with zero attached hydrogens (tertiary/aromatic N) is 2. The molecule has 0 aliphatic rings. The monoisotopic (exact) mass is 299 g/mol. The Balaban J connectivity index is 2.42. The Labute approximate surface area is 128 Å². The molecule has 22 heavy (non-hydrogen) atoms. The van der Waals surface area contributed by atoms with Crippen molar-refractivity contribution in [2.24, 2.45) is 0 Å². The first kappa shape index (κ1) is 15.5. The van der Waals surface area contributed by atoms with E-state index in [1.165, 1.54) is 29.4 Å². The summed E-state index contributed by atoms with van der Waals surface area (Å²) in [6, 6.07) is 8.47. The molecule has 1 amide bonds. The molecule has 1 heterocycles. The molecule has 1 aromatic heterocycles. The third kappa shape index (κ3) is 3.06. The first-order valence-electron chi connectivity index (χ1n) is 6.87. The Bertz CT molecular complexity index is 665. The molecule has 0 spiro atoms. The lowest BCUT2D eigenvalue weighted by Gasteiger charge is -2.28. The zero-order valence-electron chi connectivity index (χ0n) is 12.1. The van der Waals surface area contributed by atoms with Crippen molar-refractivity contribution >= 4 is 11.9 Å². The Hall–Kier alpha value is -2.89. The van der Waals surface area contributed by atoms with Gasteiger partial charge in [0, 0.05) is 18.0 Å². The van der Waals surface area contributed by atoms with Crippen molar-refractivity contribution < 1.29 is 14.7 Å². The highest BCUT2D eigenvalue weighted by atomic mass is 16.4. The molecular formula is C16H17N3O3. The maximum Gasteiger partial charge on any atom is 0.355 e. The van der Waals surface area contributed by atoms with E-state index in [1.807, 2.05) is 6.92 Å². The van der Waals surface area contributed by atoms with Gasteiger partial charge in [-0.25, -0.2) is 9.78 Å². The van der Waals surface area contributed by atoms with Gasteiger partial charge in [0.25, 0.3) is 5.91 Å². The van der Waals surface area contributed by atoms with Crippen LogP contribution in [0.5, 0.6) is 0 Å². The summed E-state index contributed by atoms with van der Waals surface area (Å²) < 4.78 is 1.35. The normalized spacial score (nSPS) is 13.7. The Morgan fingerprint density at radius 3 is 2.64 bits per heavy atom. The minimum atomic E-state index is -1.71. The molecule has 114 valence electrons. The highest BCUT2D eigenvalue weighted by Crippen LogP contribution is 2.17. The molecule has 0 fully saturated rings. The molecule has 2 N–H and O–H groups in total. The number of nitrogens with one attached hydrogen (secondary N) is 1. The van der Waals surface area contributed by atoms with Crippen LogP contribution >= 0.6 is 0 Å². The van der Waals surface area contributed by atoms with Crippen LogP contribution in [0.3, 0.4) is 0 Å². The zero-order chi connectivity index (χ0) is 16.0. The molecular weight excluding hydrogens is 282 g/mol. The molecule has 2 aromatic rings. The summed E-state index contributed by atoms with van der Waals surface area (Å²) in [6.07, 6.45) is 8.12. The van der Waals surface area contributed by atoms with Crippen molar-refractivity contribution in [1.29, 1.82) is 0 Å². The molecule has 0 saturated heterocycles. The van der Waals surface area contributed by atoms with E-state index in [2.05, 4.69) is 10.3 Å². The van der Waals surface area contributed by atoms with Crippen LogP contribution < -0.4 is 5.32 Å². The van der Waals surface area contributed by atoms with Crippen LogP contribution in [-0.4, -0.2) is 26.5 Å². The maximum atomic E-state index is 12.4. The largest absolute Gasteiger partial charge is 0.478 e. The second kappa shape index (κ2) is 6.71. The number of benzene rings is 1. The van der Waals surface area contributed by atoms with Gasteiger partial charge in [0.2, 0.25) is 5.66 Å². The average molecular weight is 299 g/mol. The van der Waals surface area contributed by atoms with Crippen LogP contribution in [0.2, 0.25) is 0 Å². The third-order valence-electron chi connectivity index (χ3n) is 3.17. The first-order valence-corrected chi connectivity index (χ1v) is 6.87. The van der Waals surface area contributed by atoms with E-state index < -0.39 is 17.5 Å². The number of amides is 1. The van der Waals surface area contributed by atoms with E-state index in [0.29, 0.717) is 12.0 Å². The molecule has 2 rings (SSSR count). The van der Waals surface area contributed by atoms with Gasteiger partial charge in [-0.05, 0) is 24.6 Å². The lowest BCUT2D eigenvalue weighted by Crippen LogP contribution is -2.54. The number of carboxylic acid groups (broad SMARTS) is 1. The van der Waals surface area contributed by atoms with Crippen LogP contribution in [0.25, 0.3) is 0 Å². The number of carbonyl (C=O) groups excluding carboxylic acids is 1. The van der Waals surface area contributed by atoms with E-state index in [4.69, 9.17) is 0 Å². The second-order valence-corrected chi connectivity index (χ2v) is 4.67. The Kier molecular flexibility index (Phi) is 4.73. The number of hydrogen-bond acceptors (Lipinski definition) is 3. The van der Waals surface area contributed by atoms with Gasteiger partial charge in [-0.3, -0.25) is 4.79 Å². The van der Waals surface area contributed by atoms with Crippen molar-refractivity contribution in [3.63, 3.8) is 0 Å². The van der Waals surface area contributed by atoms with Gasteiger partial charge in [0.05, 0.1) is 6.33 Å². The van der Waals surface area contributed by atoms with Crippen molar-refractivity contribution in [1.82, 2.24) is 14.9 Å². The summed E-state index contributed by atoms with van der Waals surface area (Å²) in [5.74, 6) is -1.67. The SMILES string of the molecule is CCC=CC(NC(=O)c1ccccc1)(C(=O)O)n1ccnc1. The fourth-order valence-electron chi connectivity index (χ4n) is 2.02. The van der Waals surface area contributed by atoms with E-state index in [0.717, 1.165) is 0 Å². The number of rotatable bonds is 6. The van der Waals surface area contributed by atoms with E-state index in [1.54, 1.807) is 36.4 Å². The standard InChI is InChI=1S/C16H17N3O3/c1-2-3-9-16(15(21)22,19-11-10-17-12-19)18-14(20)13-7-5-4-6-8-13/h3-12H,2H2,1H3,(H,18,20)(H,21,22). The highest BCUT2D eigenvalue weighted by molar-refractivity contribution is 5.97. The minimum Gasteiger partial charge on any atom is -0.478 e. The molecule has 0 radical (unpaired) electrons. The first-order chi connectivity index (χ1) is 10.6. The molecule has 1 unspecified atom stereocenters. The summed E-state index contributed by atoms with van der Waals surface area (Å²) in [5, 5.41) is 12.3. The van der Waals surface area contributed by atoms with Gasteiger partial charge in [-0.2, -0.15) is 0 Å². The summed E-state index contributed by atoms with van der Waals surface area (Å²) in [5.41, 5.74) is -1.32. The van der Waals surface area contributed by atoms with Crippen LogP contribution in [0.1, 0.15) is 23.7 Å². The van der Waals surface area contributed by atoms with E-state index in [9.17, 15) is 14.7 Å². The lowest BCUT2D eigenvalue weighted by atomic mass is 10.1. The van der Waals surface area contributed by atoms with Crippen molar-refractivity contribution in [2.45, 2.75) is 19.0 Å². The van der Waals surface area contributed by atoms with Gasteiger partial charge < -0.3 is 15.0 Å². The number of aromatic nitrogens is 2. The predicted octanol–water partition coefficient (Wildman–Crippen LogP) is 2.02. The number of carbonyl (C=O) groups is 2. The molecule has 1 aromatic carbocycles. The average Bonchev–Trinajstić information content (AvgIpc) is 3.06. The van der Waals surface area contributed by atoms with Gasteiger partial charge in [-0.1, -0.05) is 31.2 Å². The van der Waals surface area contributed by atoms with Gasteiger partial charge in [0.1, 0.15) is 0 Å². The van der Waals surface area contributed by atoms with Crippen LogP contribution in [0.15, 0.2) is 61.2 Å². The highest BCUT2D eigenvalue weighted by Gasteiger charge is 2.39. The van der Waals surface area contributed by atoms with Crippen molar-refractivity contribution in [2.75, 3.05) is 0 Å². The molecule has 0 aliphatic carbocycles. The lowest BCUT2D eigenvalue weighted by molar-refractivity contribution is -0.146. The van der Waals surface area contributed by atoms with Crippen LogP contribution in [0, 0.1) is 0 Å². The zero-order valence-corrected chi connectivity index (χ0v) is 12.1. The Morgan fingerprint density at radius 2 is 2.09 bits per heavy atom. The molecule has 0 aliphatic heterocycles.